The van der Waals surface area contributed by atoms with E-state index in [1.165, 1.54) is 6.07 Å². The highest BCUT2D eigenvalue weighted by Gasteiger charge is 2.34. The average molecular weight is 266 g/mol. The standard InChI is InChI=1S/C12H12ClN3O2/c13-10-3-1-4-11(16(17)18)12(10)15(8-2-7-14)9-5-6-9/h1,3-4,9H,2,5-6,8H2. The lowest BCUT2D eigenvalue weighted by molar-refractivity contribution is -0.384. The van der Waals surface area contributed by atoms with Gasteiger partial charge in [-0.15, -0.1) is 0 Å². The van der Waals surface area contributed by atoms with Gasteiger partial charge in [0.25, 0.3) is 5.69 Å². The smallest absolute Gasteiger partial charge is 0.294 e. The highest BCUT2D eigenvalue weighted by atomic mass is 35.5. The SMILES string of the molecule is N#CCCN(c1c(Cl)cccc1[N+](=O)[O-])C1CC1. The summed E-state index contributed by atoms with van der Waals surface area (Å²) in [6, 6.07) is 7.00. The third-order valence-electron chi connectivity index (χ3n) is 2.90. The molecule has 1 aromatic rings. The van der Waals surface area contributed by atoms with Gasteiger partial charge in [-0.1, -0.05) is 17.7 Å². The summed E-state index contributed by atoms with van der Waals surface area (Å²) in [6.07, 6.45) is 2.32. The van der Waals surface area contributed by atoms with Crippen molar-refractivity contribution >= 4 is 23.0 Å². The predicted molar refractivity (Wildman–Crippen MR) is 68.7 cm³/mol. The molecule has 1 aliphatic carbocycles. The Morgan fingerprint density at radius 1 is 1.56 bits per heavy atom. The summed E-state index contributed by atoms with van der Waals surface area (Å²) in [5, 5.41) is 20.1. The average Bonchev–Trinajstić information content (AvgIpc) is 3.15. The zero-order chi connectivity index (χ0) is 13.1. The summed E-state index contributed by atoms with van der Waals surface area (Å²) in [5.74, 6) is 0. The molecule has 0 radical (unpaired) electrons. The van der Waals surface area contributed by atoms with Crippen LogP contribution in [0.3, 0.4) is 0 Å². The number of nitro groups is 1. The lowest BCUT2D eigenvalue weighted by atomic mass is 10.2. The molecule has 0 amide bonds. The molecule has 0 atom stereocenters. The second-order valence-electron chi connectivity index (χ2n) is 4.20. The molecule has 1 saturated carbocycles. The minimum atomic E-state index is -0.428. The first kappa shape index (κ1) is 12.7. The molecule has 2 rings (SSSR count). The maximum Gasteiger partial charge on any atom is 0.294 e. The molecule has 1 fully saturated rings. The van der Waals surface area contributed by atoms with Crippen molar-refractivity contribution in [3.63, 3.8) is 0 Å². The second-order valence-corrected chi connectivity index (χ2v) is 4.60. The van der Waals surface area contributed by atoms with Crippen molar-refractivity contribution < 1.29 is 4.92 Å². The Morgan fingerprint density at radius 3 is 2.83 bits per heavy atom. The first-order valence-corrected chi connectivity index (χ1v) is 6.09. The zero-order valence-corrected chi connectivity index (χ0v) is 10.4. The molecule has 1 aliphatic rings. The quantitative estimate of drug-likeness (QED) is 0.606. The number of para-hydroxylation sites is 1. The fourth-order valence-electron chi connectivity index (χ4n) is 1.97. The van der Waals surface area contributed by atoms with Gasteiger partial charge in [-0.2, -0.15) is 5.26 Å². The van der Waals surface area contributed by atoms with Crippen LogP contribution >= 0.6 is 11.6 Å². The number of benzene rings is 1. The maximum absolute atomic E-state index is 11.1. The van der Waals surface area contributed by atoms with Gasteiger partial charge in [-0.25, -0.2) is 0 Å². The van der Waals surface area contributed by atoms with Gasteiger partial charge in [-0.3, -0.25) is 10.1 Å². The van der Waals surface area contributed by atoms with Gasteiger partial charge in [-0.05, 0) is 18.9 Å². The molecule has 0 unspecified atom stereocenters. The molecule has 0 bridgehead atoms. The molecular weight excluding hydrogens is 254 g/mol. The van der Waals surface area contributed by atoms with Gasteiger partial charge < -0.3 is 4.90 Å². The monoisotopic (exact) mass is 265 g/mol. The Kier molecular flexibility index (Phi) is 3.68. The number of nitriles is 1. The van der Waals surface area contributed by atoms with Gasteiger partial charge in [0.05, 0.1) is 22.4 Å². The van der Waals surface area contributed by atoms with Crippen molar-refractivity contribution in [2.75, 3.05) is 11.4 Å². The maximum atomic E-state index is 11.1. The number of hydrogen-bond donors (Lipinski definition) is 0. The Morgan fingerprint density at radius 2 is 2.28 bits per heavy atom. The first-order chi connectivity index (χ1) is 8.65. The van der Waals surface area contributed by atoms with Crippen molar-refractivity contribution in [2.24, 2.45) is 0 Å². The Balaban J connectivity index is 2.39. The van der Waals surface area contributed by atoms with Crippen molar-refractivity contribution in [1.82, 2.24) is 0 Å². The van der Waals surface area contributed by atoms with Crippen molar-refractivity contribution in [1.29, 1.82) is 5.26 Å². The molecule has 0 N–H and O–H groups in total. The van der Waals surface area contributed by atoms with Crippen LogP contribution in [0.5, 0.6) is 0 Å². The Bertz CT molecular complexity index is 509. The lowest BCUT2D eigenvalue weighted by Crippen LogP contribution is -2.27. The number of rotatable bonds is 5. The van der Waals surface area contributed by atoms with Crippen LogP contribution in [0.4, 0.5) is 11.4 Å². The van der Waals surface area contributed by atoms with Gasteiger partial charge in [0, 0.05) is 18.7 Å². The predicted octanol–water partition coefficient (Wildman–Crippen LogP) is 3.13. The van der Waals surface area contributed by atoms with Crippen LogP contribution in [0.2, 0.25) is 5.02 Å². The zero-order valence-electron chi connectivity index (χ0n) is 9.67. The lowest BCUT2D eigenvalue weighted by Gasteiger charge is -2.24. The molecule has 0 saturated heterocycles. The largest absolute Gasteiger partial charge is 0.361 e. The summed E-state index contributed by atoms with van der Waals surface area (Å²) < 4.78 is 0. The van der Waals surface area contributed by atoms with Crippen LogP contribution in [0, 0.1) is 21.4 Å². The number of anilines is 1. The van der Waals surface area contributed by atoms with E-state index in [9.17, 15) is 10.1 Å². The molecular formula is C12H12ClN3O2. The third-order valence-corrected chi connectivity index (χ3v) is 3.21. The first-order valence-electron chi connectivity index (χ1n) is 5.71. The van der Waals surface area contributed by atoms with Gasteiger partial charge in [0.2, 0.25) is 0 Å². The molecule has 0 heterocycles. The van der Waals surface area contributed by atoms with Gasteiger partial charge >= 0.3 is 0 Å². The van der Waals surface area contributed by atoms with E-state index in [2.05, 4.69) is 6.07 Å². The fourth-order valence-corrected chi connectivity index (χ4v) is 2.25. The molecule has 18 heavy (non-hydrogen) atoms. The van der Waals surface area contributed by atoms with Crippen LogP contribution in [0.1, 0.15) is 19.3 Å². The van der Waals surface area contributed by atoms with E-state index in [-0.39, 0.29) is 11.7 Å². The Hall–Kier alpha value is -1.80. The third kappa shape index (κ3) is 2.54. The normalized spacial score (nSPS) is 14.0. The number of halogens is 1. The number of nitrogens with zero attached hydrogens (tertiary/aromatic N) is 3. The van der Waals surface area contributed by atoms with E-state index >= 15 is 0 Å². The summed E-state index contributed by atoms with van der Waals surface area (Å²) in [7, 11) is 0. The fraction of sp³-hybridized carbons (Fsp3) is 0.417. The van der Waals surface area contributed by atoms with Crippen molar-refractivity contribution in [2.45, 2.75) is 25.3 Å². The summed E-state index contributed by atoms with van der Waals surface area (Å²) in [4.78, 5) is 12.5. The summed E-state index contributed by atoms with van der Waals surface area (Å²) >= 11 is 6.09. The van der Waals surface area contributed by atoms with Crippen LogP contribution in [0.15, 0.2) is 18.2 Å². The van der Waals surface area contributed by atoms with Crippen molar-refractivity contribution in [3.8, 4) is 6.07 Å². The summed E-state index contributed by atoms with van der Waals surface area (Å²) in [5.41, 5.74) is 0.453. The van der Waals surface area contributed by atoms with Gasteiger partial charge in [0.1, 0.15) is 5.69 Å². The molecule has 94 valence electrons. The van der Waals surface area contributed by atoms with Crippen LogP contribution in [-0.2, 0) is 0 Å². The van der Waals surface area contributed by atoms with E-state index < -0.39 is 4.92 Å². The molecule has 0 aromatic heterocycles. The van der Waals surface area contributed by atoms with E-state index in [1.807, 2.05) is 4.90 Å². The molecule has 5 nitrogen and oxygen atoms in total. The van der Waals surface area contributed by atoms with E-state index in [0.29, 0.717) is 23.7 Å². The minimum Gasteiger partial charge on any atom is -0.361 e. The summed E-state index contributed by atoms with van der Waals surface area (Å²) in [6.45, 7) is 0.478. The van der Waals surface area contributed by atoms with Crippen molar-refractivity contribution in [3.05, 3.63) is 33.3 Å². The molecule has 1 aromatic carbocycles. The van der Waals surface area contributed by atoms with Crippen LogP contribution in [0.25, 0.3) is 0 Å². The molecule has 6 heteroatoms. The van der Waals surface area contributed by atoms with E-state index in [1.54, 1.807) is 12.1 Å². The van der Waals surface area contributed by atoms with E-state index in [0.717, 1.165) is 12.8 Å². The molecule has 0 spiro atoms. The Labute approximate surface area is 110 Å². The topological polar surface area (TPSA) is 70.2 Å². The number of nitro benzene ring substituents is 1. The second kappa shape index (κ2) is 5.23. The van der Waals surface area contributed by atoms with Crippen LogP contribution < -0.4 is 4.90 Å². The highest BCUT2D eigenvalue weighted by Crippen LogP contribution is 2.41. The molecule has 0 aliphatic heterocycles. The number of hydrogen-bond acceptors (Lipinski definition) is 4. The van der Waals surface area contributed by atoms with E-state index in [4.69, 9.17) is 16.9 Å². The minimum absolute atomic E-state index is 0.00680. The highest BCUT2D eigenvalue weighted by molar-refractivity contribution is 6.33. The van der Waals surface area contributed by atoms with Crippen LogP contribution in [-0.4, -0.2) is 17.5 Å². The van der Waals surface area contributed by atoms with Gasteiger partial charge in [0.15, 0.2) is 0 Å².